The van der Waals surface area contributed by atoms with Crippen molar-refractivity contribution in [3.63, 3.8) is 0 Å². The van der Waals surface area contributed by atoms with E-state index in [2.05, 4.69) is 15.1 Å². The second-order valence-electron chi connectivity index (χ2n) is 6.41. The molecule has 0 radical (unpaired) electrons. The highest BCUT2D eigenvalue weighted by atomic mass is 32.1. The number of benzene rings is 1. The maximum atomic E-state index is 12.7. The van der Waals surface area contributed by atoms with E-state index in [0.717, 1.165) is 26.8 Å². The fourth-order valence-electron chi connectivity index (χ4n) is 2.87. The lowest BCUT2D eigenvalue weighted by Crippen LogP contribution is -2.31. The summed E-state index contributed by atoms with van der Waals surface area (Å²) >= 11 is 3.24. The third-order valence-electron chi connectivity index (χ3n) is 4.65. The molecule has 4 aromatic rings. The first-order valence-electron chi connectivity index (χ1n) is 8.80. The van der Waals surface area contributed by atoms with Gasteiger partial charge >= 0.3 is 0 Å². The zero-order valence-corrected chi connectivity index (χ0v) is 17.2. The molecule has 0 spiro atoms. The van der Waals surface area contributed by atoms with Crippen LogP contribution in [0.15, 0.2) is 59.8 Å². The van der Waals surface area contributed by atoms with Gasteiger partial charge in [-0.15, -0.1) is 22.7 Å². The topological polar surface area (TPSA) is 63.9 Å². The van der Waals surface area contributed by atoms with Crippen molar-refractivity contribution in [3.05, 3.63) is 71.1 Å². The van der Waals surface area contributed by atoms with E-state index in [1.54, 1.807) is 38.6 Å². The lowest BCUT2D eigenvalue weighted by atomic mass is 10.1. The summed E-state index contributed by atoms with van der Waals surface area (Å²) in [4.78, 5) is 24.2. The molecule has 0 aliphatic rings. The van der Waals surface area contributed by atoms with Gasteiger partial charge in [-0.25, -0.2) is 14.6 Å². The van der Waals surface area contributed by atoms with Crippen molar-refractivity contribution in [2.45, 2.75) is 19.4 Å². The van der Waals surface area contributed by atoms with Gasteiger partial charge in [-0.1, -0.05) is 18.2 Å². The van der Waals surface area contributed by atoms with E-state index in [-0.39, 0.29) is 11.9 Å². The van der Waals surface area contributed by atoms with Gasteiger partial charge < -0.3 is 4.90 Å². The summed E-state index contributed by atoms with van der Waals surface area (Å²) < 4.78 is 1.71. The normalized spacial score (nSPS) is 12.1. The molecular formula is C20H19N5OS2. The van der Waals surface area contributed by atoms with E-state index in [4.69, 9.17) is 0 Å². The summed E-state index contributed by atoms with van der Waals surface area (Å²) in [6.07, 6.45) is 3.47. The molecule has 1 atom stereocenters. The van der Waals surface area contributed by atoms with Crippen LogP contribution >= 0.6 is 22.7 Å². The smallest absolute Gasteiger partial charge is 0.228 e. The monoisotopic (exact) mass is 409 g/mol. The minimum atomic E-state index is -0.0345. The minimum absolute atomic E-state index is 0.0345. The number of carbonyl (C=O) groups is 1. The first-order valence-corrected chi connectivity index (χ1v) is 10.6. The lowest BCUT2D eigenvalue weighted by Gasteiger charge is -2.25. The maximum Gasteiger partial charge on any atom is 0.228 e. The van der Waals surface area contributed by atoms with E-state index >= 15 is 0 Å². The van der Waals surface area contributed by atoms with Crippen molar-refractivity contribution in [1.29, 1.82) is 0 Å². The summed E-state index contributed by atoms with van der Waals surface area (Å²) in [6.45, 7) is 2.03. The van der Waals surface area contributed by atoms with Crippen LogP contribution in [0.25, 0.3) is 15.6 Å². The number of likely N-dealkylation sites (N-methyl/N-ethyl adjacent to an activating group) is 1. The van der Waals surface area contributed by atoms with E-state index in [0.29, 0.717) is 6.42 Å². The van der Waals surface area contributed by atoms with E-state index in [1.165, 1.54) is 6.33 Å². The van der Waals surface area contributed by atoms with Gasteiger partial charge in [0.2, 0.25) is 5.91 Å². The van der Waals surface area contributed by atoms with Crippen LogP contribution in [0.3, 0.4) is 0 Å². The molecule has 1 amide bonds. The number of carbonyl (C=O) groups excluding carboxylic acids is 1. The van der Waals surface area contributed by atoms with Crippen molar-refractivity contribution in [1.82, 2.24) is 24.6 Å². The Labute approximate surface area is 171 Å². The molecule has 28 heavy (non-hydrogen) atoms. The number of rotatable bonds is 6. The van der Waals surface area contributed by atoms with Crippen LogP contribution in [0.5, 0.6) is 0 Å². The van der Waals surface area contributed by atoms with Gasteiger partial charge in [0.1, 0.15) is 17.7 Å². The lowest BCUT2D eigenvalue weighted by molar-refractivity contribution is -0.131. The Balaban J connectivity index is 1.42. The molecule has 1 aromatic carbocycles. The third kappa shape index (κ3) is 3.88. The molecule has 0 aliphatic heterocycles. The maximum absolute atomic E-state index is 12.7. The van der Waals surface area contributed by atoms with Crippen molar-refractivity contribution >= 4 is 28.6 Å². The molecule has 4 rings (SSSR count). The fourth-order valence-corrected chi connectivity index (χ4v) is 4.50. The first kappa shape index (κ1) is 18.5. The van der Waals surface area contributed by atoms with Gasteiger partial charge in [-0.2, -0.15) is 5.10 Å². The molecule has 142 valence electrons. The highest BCUT2D eigenvalue weighted by molar-refractivity contribution is 7.20. The predicted octanol–water partition coefficient (Wildman–Crippen LogP) is 4.21. The summed E-state index contributed by atoms with van der Waals surface area (Å²) in [5, 5.41) is 9.10. The van der Waals surface area contributed by atoms with Crippen LogP contribution in [0.4, 0.5) is 0 Å². The van der Waals surface area contributed by atoms with E-state index in [1.807, 2.05) is 61.1 Å². The average molecular weight is 410 g/mol. The van der Waals surface area contributed by atoms with Crippen LogP contribution in [-0.4, -0.2) is 37.6 Å². The predicted molar refractivity (Wildman–Crippen MR) is 112 cm³/mol. The molecule has 0 fully saturated rings. The number of hydrogen-bond donors (Lipinski definition) is 0. The van der Waals surface area contributed by atoms with Gasteiger partial charge in [-0.05, 0) is 36.1 Å². The molecule has 0 N–H and O–H groups in total. The molecule has 0 bridgehead atoms. The van der Waals surface area contributed by atoms with Gasteiger partial charge in [-0.3, -0.25) is 4.79 Å². The number of thiophene rings is 1. The van der Waals surface area contributed by atoms with Crippen molar-refractivity contribution in [3.8, 4) is 15.6 Å². The van der Waals surface area contributed by atoms with Crippen LogP contribution in [0.1, 0.15) is 24.2 Å². The third-order valence-corrected chi connectivity index (χ3v) is 6.58. The molecule has 0 saturated carbocycles. The molecular weight excluding hydrogens is 390 g/mol. The van der Waals surface area contributed by atoms with E-state index in [9.17, 15) is 4.79 Å². The van der Waals surface area contributed by atoms with Gasteiger partial charge in [0.05, 0.1) is 28.7 Å². The molecule has 3 aromatic heterocycles. The summed E-state index contributed by atoms with van der Waals surface area (Å²) in [7, 11) is 1.84. The van der Waals surface area contributed by atoms with Crippen LogP contribution in [0.2, 0.25) is 0 Å². The van der Waals surface area contributed by atoms with Crippen LogP contribution < -0.4 is 0 Å². The van der Waals surface area contributed by atoms with Crippen molar-refractivity contribution < 1.29 is 4.79 Å². The number of amides is 1. The summed E-state index contributed by atoms with van der Waals surface area (Å²) in [5.41, 5.74) is 2.82. The first-order chi connectivity index (χ1) is 13.6. The molecule has 8 heteroatoms. The summed E-state index contributed by atoms with van der Waals surface area (Å²) in [6, 6.07) is 12.0. The number of thiazole rings is 1. The Morgan fingerprint density at radius 1 is 1.21 bits per heavy atom. The molecule has 6 nitrogen and oxygen atoms in total. The molecule has 0 saturated heterocycles. The van der Waals surface area contributed by atoms with Crippen LogP contribution in [0, 0.1) is 0 Å². The SMILES string of the molecule is C[C@H](c1ccc(-n2cncn2)cc1)N(C)C(=O)Cc1csc(-c2cccs2)n1. The molecule has 0 unspecified atom stereocenters. The number of hydrogen-bond acceptors (Lipinski definition) is 6. The summed E-state index contributed by atoms with van der Waals surface area (Å²) in [5.74, 6) is 0.0517. The number of aromatic nitrogens is 4. The fraction of sp³-hybridized carbons (Fsp3) is 0.200. The minimum Gasteiger partial charge on any atom is -0.339 e. The van der Waals surface area contributed by atoms with Gasteiger partial charge in [0.15, 0.2) is 0 Å². The quantitative estimate of drug-likeness (QED) is 0.478. The Hall–Kier alpha value is -2.84. The second kappa shape index (κ2) is 8.04. The Morgan fingerprint density at radius 2 is 2.04 bits per heavy atom. The Kier molecular flexibility index (Phi) is 5.31. The van der Waals surface area contributed by atoms with Gasteiger partial charge in [0.25, 0.3) is 0 Å². The Bertz CT molecular complexity index is 1040. The average Bonchev–Trinajstić information content (AvgIpc) is 3.49. The zero-order chi connectivity index (χ0) is 19.5. The van der Waals surface area contributed by atoms with Crippen molar-refractivity contribution in [2.75, 3.05) is 7.05 Å². The van der Waals surface area contributed by atoms with E-state index < -0.39 is 0 Å². The Morgan fingerprint density at radius 3 is 2.71 bits per heavy atom. The van der Waals surface area contributed by atoms with Gasteiger partial charge in [0, 0.05) is 12.4 Å². The number of nitrogens with zero attached hydrogens (tertiary/aromatic N) is 5. The zero-order valence-electron chi connectivity index (χ0n) is 15.5. The highest BCUT2D eigenvalue weighted by Crippen LogP contribution is 2.28. The van der Waals surface area contributed by atoms with Crippen molar-refractivity contribution in [2.24, 2.45) is 0 Å². The standard InChI is InChI=1S/C20H19N5OS2/c1-14(15-5-7-17(8-6-15)25-13-21-12-22-25)24(2)19(26)10-16-11-28-20(23-16)18-4-3-9-27-18/h3-9,11-14H,10H2,1-2H3/t14-/m1/s1. The van der Waals surface area contributed by atoms with Crippen LogP contribution in [-0.2, 0) is 11.2 Å². The highest BCUT2D eigenvalue weighted by Gasteiger charge is 2.19. The largest absolute Gasteiger partial charge is 0.339 e. The molecule has 3 heterocycles. The second-order valence-corrected chi connectivity index (χ2v) is 8.22. The molecule has 0 aliphatic carbocycles.